The number of benzene rings is 4. The largest absolute Gasteiger partial charge is 0.461 e. The molecule has 0 radical (unpaired) electrons. The molecule has 0 spiro atoms. The zero-order valence-electron chi connectivity index (χ0n) is 31.9. The Kier molecular flexibility index (Phi) is 10.8. The van der Waals surface area contributed by atoms with Crippen molar-refractivity contribution in [3.05, 3.63) is 178 Å². The van der Waals surface area contributed by atoms with Gasteiger partial charge >= 0.3 is 6.03 Å². The number of para-hydroxylation sites is 2. The van der Waals surface area contributed by atoms with Crippen LogP contribution in [0.1, 0.15) is 22.3 Å². The second-order valence-corrected chi connectivity index (χ2v) is 15.3. The van der Waals surface area contributed by atoms with Crippen LogP contribution in [0.3, 0.4) is 0 Å². The van der Waals surface area contributed by atoms with Crippen LogP contribution in [0.2, 0.25) is 10.0 Å². The maximum atomic E-state index is 16.0. The van der Waals surface area contributed by atoms with Crippen LogP contribution >= 0.6 is 23.2 Å². The summed E-state index contributed by atoms with van der Waals surface area (Å²) >= 11 is 12.8. The highest BCUT2D eigenvalue weighted by Gasteiger charge is 2.56. The van der Waals surface area contributed by atoms with E-state index in [1.165, 1.54) is 12.1 Å². The Morgan fingerprint density at radius 1 is 0.603 bits per heavy atom. The maximum Gasteiger partial charge on any atom is 0.326 e. The van der Waals surface area contributed by atoms with Gasteiger partial charge in [0.2, 0.25) is 11.4 Å². The summed E-state index contributed by atoms with van der Waals surface area (Å²) in [6, 6.07) is 30.5. The van der Waals surface area contributed by atoms with Gasteiger partial charge in [0.15, 0.2) is 0 Å². The molecule has 9 nitrogen and oxygen atoms in total. The first-order chi connectivity index (χ1) is 28.1. The van der Waals surface area contributed by atoms with Gasteiger partial charge in [-0.25, -0.2) is 13.6 Å². The van der Waals surface area contributed by atoms with Crippen molar-refractivity contribution in [3.8, 4) is 11.5 Å². The van der Waals surface area contributed by atoms with Gasteiger partial charge in [0, 0.05) is 72.1 Å². The molecule has 2 fully saturated rings. The van der Waals surface area contributed by atoms with Crippen LogP contribution in [0.4, 0.5) is 25.0 Å². The third-order valence-electron chi connectivity index (χ3n) is 10.8. The van der Waals surface area contributed by atoms with E-state index in [9.17, 15) is 0 Å². The fraction of sp³-hybridized carbons (Fsp3) is 0.222. The Morgan fingerprint density at radius 3 is 1.41 bits per heavy atom. The zero-order chi connectivity index (χ0) is 40.4. The number of rotatable bonds is 8. The van der Waals surface area contributed by atoms with Gasteiger partial charge < -0.3 is 19.3 Å². The standard InChI is InChI=1S/C45H40Cl2F2N6O3/c1-31-25-35(46)15-17-41(31)57-44(33-9-7-19-50-27-33)29-52(39-13-5-3-11-37(39)48)21-23-54(44)43(56)55-24-22-53(40-14-6-4-12-38(40)49)30-45(55,34-10-8-20-51-28-34)58-42-18-16-36(47)26-32(42)2/h3-20,25-28H,21-24,29-30H2,1-2H3/t44-,45-/m1/s1. The summed E-state index contributed by atoms with van der Waals surface area (Å²) in [7, 11) is 0. The monoisotopic (exact) mass is 820 g/mol. The van der Waals surface area contributed by atoms with Gasteiger partial charge in [-0.2, -0.15) is 0 Å². The quantitative estimate of drug-likeness (QED) is 0.152. The molecule has 296 valence electrons. The summed E-state index contributed by atoms with van der Waals surface area (Å²) in [4.78, 5) is 32.1. The number of halogens is 4. The Bertz CT molecular complexity index is 2270. The molecule has 58 heavy (non-hydrogen) atoms. The summed E-state index contributed by atoms with van der Waals surface area (Å²) in [6.45, 7) is 4.54. The highest BCUT2D eigenvalue weighted by molar-refractivity contribution is 6.31. The molecule has 4 heterocycles. The van der Waals surface area contributed by atoms with E-state index in [1.807, 2.05) is 35.8 Å². The van der Waals surface area contributed by atoms with E-state index in [1.54, 1.807) is 120 Å². The van der Waals surface area contributed by atoms with E-state index in [4.69, 9.17) is 32.7 Å². The van der Waals surface area contributed by atoms with Gasteiger partial charge in [0.05, 0.1) is 24.5 Å². The van der Waals surface area contributed by atoms with Crippen LogP contribution in [0.15, 0.2) is 134 Å². The molecule has 0 aliphatic carbocycles. The molecule has 8 rings (SSSR count). The lowest BCUT2D eigenvalue weighted by molar-refractivity contribution is -0.115. The number of pyridine rings is 2. The third kappa shape index (κ3) is 7.36. The van der Waals surface area contributed by atoms with E-state index >= 15 is 13.6 Å². The molecule has 4 aromatic carbocycles. The summed E-state index contributed by atoms with van der Waals surface area (Å²) in [5, 5.41) is 1.04. The highest BCUT2D eigenvalue weighted by Crippen LogP contribution is 2.44. The van der Waals surface area contributed by atoms with Crippen LogP contribution in [-0.2, 0) is 11.4 Å². The van der Waals surface area contributed by atoms with Crippen molar-refractivity contribution >= 4 is 40.6 Å². The number of hydrogen-bond donors (Lipinski definition) is 0. The van der Waals surface area contributed by atoms with Gasteiger partial charge in [0.1, 0.15) is 23.1 Å². The zero-order valence-corrected chi connectivity index (χ0v) is 33.4. The maximum absolute atomic E-state index is 16.0. The first-order valence-corrected chi connectivity index (χ1v) is 19.6. The topological polar surface area (TPSA) is 74.3 Å². The molecule has 13 heteroatoms. The minimum Gasteiger partial charge on any atom is -0.461 e. The molecule has 0 saturated carbocycles. The number of carbonyl (C=O) groups is 1. The lowest BCUT2D eigenvalue weighted by Gasteiger charge is -2.56. The molecular formula is C45H40Cl2F2N6O3. The van der Waals surface area contributed by atoms with Crippen molar-refractivity contribution in [2.24, 2.45) is 0 Å². The van der Waals surface area contributed by atoms with E-state index in [0.717, 1.165) is 11.1 Å². The third-order valence-corrected chi connectivity index (χ3v) is 11.2. The van der Waals surface area contributed by atoms with E-state index in [2.05, 4.69) is 9.97 Å². The predicted octanol–water partition coefficient (Wildman–Crippen LogP) is 9.61. The molecule has 0 unspecified atom stereocenters. The Morgan fingerprint density at radius 2 is 1.03 bits per heavy atom. The number of anilines is 2. The number of aryl methyl sites for hydroxylation is 2. The summed E-state index contributed by atoms with van der Waals surface area (Å²) in [5.74, 6) is 0.128. The molecule has 2 aliphatic heterocycles. The lowest BCUT2D eigenvalue weighted by atomic mass is 9.95. The van der Waals surface area contributed by atoms with Crippen molar-refractivity contribution in [2.75, 3.05) is 49.1 Å². The Hall–Kier alpha value is -5.91. The lowest BCUT2D eigenvalue weighted by Crippen LogP contribution is -2.72. The molecule has 6 aromatic rings. The van der Waals surface area contributed by atoms with Gasteiger partial charge in [-0.1, -0.05) is 47.5 Å². The predicted molar refractivity (Wildman–Crippen MR) is 221 cm³/mol. The van der Waals surface area contributed by atoms with Crippen molar-refractivity contribution < 1.29 is 23.0 Å². The number of amides is 2. The van der Waals surface area contributed by atoms with E-state index in [0.29, 0.717) is 44.0 Å². The van der Waals surface area contributed by atoms with Crippen molar-refractivity contribution in [3.63, 3.8) is 0 Å². The van der Waals surface area contributed by atoms with Crippen molar-refractivity contribution in [1.29, 1.82) is 0 Å². The fourth-order valence-electron chi connectivity index (χ4n) is 7.92. The first-order valence-electron chi connectivity index (χ1n) is 18.9. The molecule has 0 bridgehead atoms. The molecule has 2 aromatic heterocycles. The van der Waals surface area contributed by atoms with Crippen molar-refractivity contribution in [1.82, 2.24) is 19.8 Å². The molecule has 2 atom stereocenters. The molecule has 0 N–H and O–H groups in total. The van der Waals surface area contributed by atoms with Crippen LogP contribution in [0, 0.1) is 25.5 Å². The normalized spacial score (nSPS) is 19.6. The number of piperazine rings is 2. The van der Waals surface area contributed by atoms with E-state index < -0.39 is 29.1 Å². The summed E-state index contributed by atoms with van der Waals surface area (Å²) in [6.07, 6.45) is 6.61. The number of hydrogen-bond acceptors (Lipinski definition) is 7. The second-order valence-electron chi connectivity index (χ2n) is 14.4. The summed E-state index contributed by atoms with van der Waals surface area (Å²) in [5.41, 5.74) is 0.156. The first kappa shape index (κ1) is 38.9. The van der Waals surface area contributed by atoms with Crippen LogP contribution < -0.4 is 19.3 Å². The molecule has 2 aliphatic rings. The van der Waals surface area contributed by atoms with Gasteiger partial charge in [0.25, 0.3) is 0 Å². The van der Waals surface area contributed by atoms with Gasteiger partial charge in [-0.15, -0.1) is 0 Å². The SMILES string of the molecule is Cc1cc(Cl)ccc1O[C@@]1(c2cccnc2)CN(c2ccccc2F)CCN1C(=O)N1CCN(c2ccccc2F)C[C@@]1(Oc1ccc(Cl)cc1C)c1cccnc1. The Balaban J connectivity index is 1.32. The van der Waals surface area contributed by atoms with Crippen LogP contribution in [-0.4, -0.2) is 65.1 Å². The Labute approximate surface area is 346 Å². The average Bonchev–Trinajstić information content (AvgIpc) is 3.23. The smallest absolute Gasteiger partial charge is 0.326 e. The fourth-order valence-corrected chi connectivity index (χ4v) is 8.37. The number of ether oxygens (including phenoxy) is 2. The number of urea groups is 1. The molecular weight excluding hydrogens is 781 g/mol. The van der Waals surface area contributed by atoms with Crippen molar-refractivity contribution in [2.45, 2.75) is 25.3 Å². The van der Waals surface area contributed by atoms with E-state index in [-0.39, 0.29) is 39.3 Å². The van der Waals surface area contributed by atoms with Gasteiger partial charge in [-0.05, 0) is 110 Å². The molecule has 2 amide bonds. The number of nitrogens with zero attached hydrogens (tertiary/aromatic N) is 6. The highest BCUT2D eigenvalue weighted by atomic mass is 35.5. The van der Waals surface area contributed by atoms with Crippen LogP contribution in [0.25, 0.3) is 0 Å². The number of aromatic nitrogens is 2. The van der Waals surface area contributed by atoms with Gasteiger partial charge in [-0.3, -0.25) is 19.8 Å². The minimum atomic E-state index is -1.58. The molecule has 2 saturated heterocycles. The van der Waals surface area contributed by atoms with Crippen LogP contribution in [0.5, 0.6) is 11.5 Å². The average molecular weight is 822 g/mol. The second kappa shape index (κ2) is 16.2. The number of carbonyl (C=O) groups excluding carboxylic acids is 1. The summed E-state index contributed by atoms with van der Waals surface area (Å²) < 4.78 is 45.5. The minimum absolute atomic E-state index is 0.0274.